The van der Waals surface area contributed by atoms with Crippen molar-refractivity contribution in [3.05, 3.63) is 72.3 Å². The topological polar surface area (TPSA) is 117 Å². The number of carbonyl (C=O) groups is 2. The molecular formula is C19H20N2O6. The predicted molar refractivity (Wildman–Crippen MR) is 97.3 cm³/mol. The monoisotopic (exact) mass is 372 g/mol. The lowest BCUT2D eigenvalue weighted by Gasteiger charge is -2.24. The van der Waals surface area contributed by atoms with Crippen LogP contribution in [0.25, 0.3) is 0 Å². The normalized spacial score (nSPS) is 13.0. The van der Waals surface area contributed by atoms with Crippen molar-refractivity contribution in [3.63, 3.8) is 0 Å². The number of rotatable bonds is 7. The van der Waals surface area contributed by atoms with Crippen LogP contribution in [0.2, 0.25) is 0 Å². The van der Waals surface area contributed by atoms with E-state index in [2.05, 4.69) is 5.32 Å². The lowest BCUT2D eigenvalue weighted by atomic mass is 10.0. The molecule has 142 valence electrons. The Hall–Kier alpha value is -3.36. The van der Waals surface area contributed by atoms with Crippen molar-refractivity contribution in [2.45, 2.75) is 12.2 Å². The van der Waals surface area contributed by atoms with Gasteiger partial charge in [-0.3, -0.25) is 15.3 Å². The molecule has 8 nitrogen and oxygen atoms in total. The van der Waals surface area contributed by atoms with Crippen LogP contribution in [0, 0.1) is 0 Å². The van der Waals surface area contributed by atoms with Gasteiger partial charge in [0, 0.05) is 18.9 Å². The van der Waals surface area contributed by atoms with Gasteiger partial charge in [0.05, 0.1) is 0 Å². The van der Waals surface area contributed by atoms with Crippen molar-refractivity contribution < 1.29 is 29.4 Å². The zero-order chi connectivity index (χ0) is 19.6. The first-order valence-electron chi connectivity index (χ1n) is 8.00. The van der Waals surface area contributed by atoms with Gasteiger partial charge < -0.3 is 14.6 Å². The molecule has 2 atom stereocenters. The van der Waals surface area contributed by atoms with E-state index in [4.69, 9.17) is 14.7 Å². The molecule has 8 heteroatoms. The summed E-state index contributed by atoms with van der Waals surface area (Å²) in [5, 5.41) is 20.7. The minimum Gasteiger partial charge on any atom is -0.508 e. The molecule has 2 aromatic rings. The molecule has 0 aromatic heterocycles. The van der Waals surface area contributed by atoms with Gasteiger partial charge in [-0.15, -0.1) is 0 Å². The van der Waals surface area contributed by atoms with Crippen LogP contribution in [-0.2, 0) is 14.3 Å². The second-order valence-electron chi connectivity index (χ2n) is 5.44. The number of phenols is 1. The van der Waals surface area contributed by atoms with E-state index in [0.717, 1.165) is 6.08 Å². The lowest BCUT2D eigenvalue weighted by Crippen LogP contribution is -2.27. The van der Waals surface area contributed by atoms with Crippen molar-refractivity contribution in [1.82, 2.24) is 5.48 Å². The fourth-order valence-corrected chi connectivity index (χ4v) is 2.30. The zero-order valence-corrected chi connectivity index (χ0v) is 14.5. The number of nitrogens with one attached hydrogen (secondary N) is 2. The molecule has 2 aromatic carbocycles. The van der Waals surface area contributed by atoms with E-state index in [1.807, 2.05) is 6.07 Å². The highest BCUT2D eigenvalue weighted by molar-refractivity contribution is 5.86. The number of hydrogen-bond acceptors (Lipinski definition) is 6. The van der Waals surface area contributed by atoms with Gasteiger partial charge >= 0.3 is 6.09 Å². The Bertz CT molecular complexity index is 777. The number of ether oxygens (including phenoxy) is 2. The molecule has 2 rings (SSSR count). The summed E-state index contributed by atoms with van der Waals surface area (Å²) in [5.41, 5.74) is 2.56. The van der Waals surface area contributed by atoms with Crippen molar-refractivity contribution >= 4 is 17.7 Å². The lowest BCUT2D eigenvalue weighted by molar-refractivity contribution is -0.124. The summed E-state index contributed by atoms with van der Waals surface area (Å²) in [6.45, 7) is 0. The van der Waals surface area contributed by atoms with Crippen molar-refractivity contribution in [2.24, 2.45) is 0 Å². The number of para-hydroxylation sites is 1. The fourth-order valence-electron chi connectivity index (χ4n) is 2.30. The molecule has 0 aliphatic heterocycles. The Morgan fingerprint density at radius 3 is 2.33 bits per heavy atom. The largest absolute Gasteiger partial charge is 0.508 e. The molecule has 4 N–H and O–H groups in total. The number of hydroxylamine groups is 1. The summed E-state index contributed by atoms with van der Waals surface area (Å²) >= 11 is 0. The van der Waals surface area contributed by atoms with Crippen LogP contribution in [-0.4, -0.2) is 35.5 Å². The van der Waals surface area contributed by atoms with Crippen LogP contribution in [0.1, 0.15) is 11.7 Å². The van der Waals surface area contributed by atoms with E-state index in [0.29, 0.717) is 11.3 Å². The summed E-state index contributed by atoms with van der Waals surface area (Å²) in [5.74, 6) is -0.703. The van der Waals surface area contributed by atoms with E-state index in [1.54, 1.807) is 36.4 Å². The molecule has 0 aliphatic rings. The van der Waals surface area contributed by atoms with Crippen LogP contribution in [0.3, 0.4) is 0 Å². The average Bonchev–Trinajstić information content (AvgIpc) is 2.68. The average molecular weight is 372 g/mol. The highest BCUT2D eigenvalue weighted by Crippen LogP contribution is 2.26. The number of carbonyl (C=O) groups excluding carboxylic acids is 2. The van der Waals surface area contributed by atoms with Gasteiger partial charge in [-0.1, -0.05) is 30.3 Å². The van der Waals surface area contributed by atoms with Crippen LogP contribution in [0.5, 0.6) is 5.75 Å². The second kappa shape index (κ2) is 9.95. The van der Waals surface area contributed by atoms with Crippen molar-refractivity contribution in [3.8, 4) is 5.75 Å². The molecule has 0 unspecified atom stereocenters. The first kappa shape index (κ1) is 20.0. The summed E-state index contributed by atoms with van der Waals surface area (Å²) in [4.78, 5) is 23.5. The highest BCUT2D eigenvalue weighted by atomic mass is 16.6. The second-order valence-corrected chi connectivity index (χ2v) is 5.44. The van der Waals surface area contributed by atoms with Crippen LogP contribution in [0.4, 0.5) is 10.5 Å². The molecule has 0 heterocycles. The third-order valence-electron chi connectivity index (χ3n) is 3.59. The minimum atomic E-state index is -0.915. The molecule has 0 saturated carbocycles. The molecule has 0 radical (unpaired) electrons. The number of anilines is 1. The smallest absolute Gasteiger partial charge is 0.412 e. The van der Waals surface area contributed by atoms with Gasteiger partial charge in [0.1, 0.15) is 11.9 Å². The third-order valence-corrected chi connectivity index (χ3v) is 3.59. The Morgan fingerprint density at radius 2 is 1.74 bits per heavy atom. The number of hydrogen-bond donors (Lipinski definition) is 4. The fraction of sp³-hybridized carbons (Fsp3) is 0.158. The van der Waals surface area contributed by atoms with Crippen LogP contribution < -0.4 is 10.8 Å². The summed E-state index contributed by atoms with van der Waals surface area (Å²) in [6.07, 6.45) is -0.0596. The standard InChI is InChI=1S/C19H20N2O6/c1-26-16(11-12-17(23)21-25)18(13-7-9-15(22)10-8-13)27-19(24)20-14-5-3-2-4-6-14/h2-12,16,18,22,25H,1H3,(H,20,24)(H,21,23)/b12-11+/t16-,18-/m0/s1. The van der Waals surface area contributed by atoms with Gasteiger partial charge in [0.15, 0.2) is 6.10 Å². The summed E-state index contributed by atoms with van der Waals surface area (Å²) in [6, 6.07) is 14.8. The summed E-state index contributed by atoms with van der Waals surface area (Å²) < 4.78 is 10.8. The minimum absolute atomic E-state index is 0.0513. The van der Waals surface area contributed by atoms with E-state index < -0.39 is 24.2 Å². The first-order chi connectivity index (χ1) is 13.0. The van der Waals surface area contributed by atoms with Crippen LogP contribution >= 0.6 is 0 Å². The molecular weight excluding hydrogens is 352 g/mol. The molecule has 2 amide bonds. The Kier molecular flexibility index (Phi) is 7.36. The quantitative estimate of drug-likeness (QED) is 0.337. The van der Waals surface area contributed by atoms with Gasteiger partial charge in [0.2, 0.25) is 0 Å². The number of benzene rings is 2. The third kappa shape index (κ3) is 6.14. The van der Waals surface area contributed by atoms with Gasteiger partial charge in [0.25, 0.3) is 5.91 Å². The van der Waals surface area contributed by atoms with Gasteiger partial charge in [-0.25, -0.2) is 10.3 Å². The molecule has 0 bridgehead atoms. The van der Waals surface area contributed by atoms with Crippen LogP contribution in [0.15, 0.2) is 66.7 Å². The number of aromatic hydroxyl groups is 1. The number of phenolic OH excluding ortho intramolecular Hbond substituents is 1. The van der Waals surface area contributed by atoms with Gasteiger partial charge in [-0.05, 0) is 35.9 Å². The van der Waals surface area contributed by atoms with Crippen molar-refractivity contribution in [2.75, 3.05) is 12.4 Å². The van der Waals surface area contributed by atoms with E-state index in [-0.39, 0.29) is 5.75 Å². The van der Waals surface area contributed by atoms with E-state index >= 15 is 0 Å². The van der Waals surface area contributed by atoms with E-state index in [9.17, 15) is 14.7 Å². The Morgan fingerprint density at radius 1 is 1.07 bits per heavy atom. The predicted octanol–water partition coefficient (Wildman–Crippen LogP) is 2.76. The number of methoxy groups -OCH3 is 1. The SMILES string of the molecule is CO[C@@H](/C=C/C(=O)NO)[C@@H](OC(=O)Nc1ccccc1)c1ccc(O)cc1. The molecule has 27 heavy (non-hydrogen) atoms. The van der Waals surface area contributed by atoms with E-state index in [1.165, 1.54) is 30.8 Å². The maximum absolute atomic E-state index is 12.3. The number of amides is 2. The highest BCUT2D eigenvalue weighted by Gasteiger charge is 2.26. The zero-order valence-electron chi connectivity index (χ0n) is 14.5. The van der Waals surface area contributed by atoms with Gasteiger partial charge in [-0.2, -0.15) is 0 Å². The molecule has 0 aliphatic carbocycles. The molecule has 0 saturated heterocycles. The molecule has 0 fully saturated rings. The Balaban J connectivity index is 2.22. The maximum Gasteiger partial charge on any atom is 0.412 e. The Labute approximate surface area is 156 Å². The maximum atomic E-state index is 12.3. The summed E-state index contributed by atoms with van der Waals surface area (Å²) in [7, 11) is 1.39. The van der Waals surface area contributed by atoms with Crippen molar-refractivity contribution in [1.29, 1.82) is 0 Å². The molecule has 0 spiro atoms. The first-order valence-corrected chi connectivity index (χ1v) is 8.00.